The van der Waals surface area contributed by atoms with Gasteiger partial charge < -0.3 is 11.1 Å². The highest BCUT2D eigenvalue weighted by Gasteiger charge is 1.95. The highest BCUT2D eigenvalue weighted by atomic mass is 14.9. The maximum Gasteiger partial charge on any atom is 0.0594 e. The van der Waals surface area contributed by atoms with Crippen molar-refractivity contribution in [3.8, 4) is 0 Å². The van der Waals surface area contributed by atoms with E-state index in [4.69, 9.17) is 5.73 Å². The second-order valence-electron chi connectivity index (χ2n) is 3.18. The lowest BCUT2D eigenvalue weighted by atomic mass is 10.3. The third-order valence-corrected chi connectivity index (χ3v) is 1.96. The zero-order chi connectivity index (χ0) is 10.5. The maximum absolute atomic E-state index is 5.61. The molecule has 0 aliphatic carbocycles. The van der Waals surface area contributed by atoms with Crippen LogP contribution in [0.1, 0.15) is 5.69 Å². The molecular weight excluding hydrogens is 188 g/mol. The van der Waals surface area contributed by atoms with Gasteiger partial charge in [-0.3, -0.25) is 9.97 Å². The number of pyridine rings is 2. The Morgan fingerprint density at radius 2 is 2.20 bits per heavy atom. The van der Waals surface area contributed by atoms with E-state index in [0.717, 1.165) is 11.4 Å². The van der Waals surface area contributed by atoms with Crippen molar-refractivity contribution >= 4 is 11.4 Å². The van der Waals surface area contributed by atoms with E-state index < -0.39 is 0 Å². The highest BCUT2D eigenvalue weighted by Crippen LogP contribution is 2.10. The summed E-state index contributed by atoms with van der Waals surface area (Å²) < 4.78 is 0. The van der Waals surface area contributed by atoms with Crippen LogP contribution in [0.5, 0.6) is 0 Å². The molecule has 3 N–H and O–H groups in total. The molecule has 0 aliphatic rings. The molecule has 0 radical (unpaired) electrons. The van der Waals surface area contributed by atoms with Crippen LogP contribution in [0.25, 0.3) is 0 Å². The second kappa shape index (κ2) is 4.41. The van der Waals surface area contributed by atoms with Gasteiger partial charge in [0.05, 0.1) is 29.8 Å². The number of nitrogens with two attached hydrogens (primary N) is 1. The molecule has 0 bridgehead atoms. The number of rotatable bonds is 3. The van der Waals surface area contributed by atoms with Crippen LogP contribution in [0.4, 0.5) is 11.4 Å². The summed E-state index contributed by atoms with van der Waals surface area (Å²) in [7, 11) is 0. The summed E-state index contributed by atoms with van der Waals surface area (Å²) in [6, 6.07) is 7.66. The maximum atomic E-state index is 5.61. The van der Waals surface area contributed by atoms with E-state index in [-0.39, 0.29) is 0 Å². The van der Waals surface area contributed by atoms with Gasteiger partial charge in [0.2, 0.25) is 0 Å². The van der Waals surface area contributed by atoms with E-state index >= 15 is 0 Å². The Morgan fingerprint density at radius 1 is 1.27 bits per heavy atom. The number of nitrogen functional groups attached to an aromatic ring is 1. The van der Waals surface area contributed by atoms with Gasteiger partial charge >= 0.3 is 0 Å². The van der Waals surface area contributed by atoms with Crippen LogP contribution in [0.2, 0.25) is 0 Å². The normalized spacial score (nSPS) is 9.87. The zero-order valence-corrected chi connectivity index (χ0v) is 8.22. The van der Waals surface area contributed by atoms with E-state index in [1.54, 1.807) is 18.6 Å². The van der Waals surface area contributed by atoms with Gasteiger partial charge in [-0.05, 0) is 18.2 Å². The van der Waals surface area contributed by atoms with Crippen LogP contribution >= 0.6 is 0 Å². The largest absolute Gasteiger partial charge is 0.397 e. The van der Waals surface area contributed by atoms with Crippen molar-refractivity contribution < 1.29 is 0 Å². The van der Waals surface area contributed by atoms with E-state index in [1.165, 1.54) is 0 Å². The van der Waals surface area contributed by atoms with Crippen molar-refractivity contribution in [1.29, 1.82) is 0 Å². The monoisotopic (exact) mass is 200 g/mol. The quantitative estimate of drug-likeness (QED) is 0.791. The predicted octanol–water partition coefficient (Wildman–Crippen LogP) is 1.67. The standard InChI is InChI=1S/C11H12N4/c12-9-5-11(7-13-6-9)15-8-10-3-1-2-4-14-10/h1-7,15H,8,12H2. The Hall–Kier alpha value is -2.10. The Bertz CT molecular complexity index is 428. The molecule has 2 rings (SSSR count). The summed E-state index contributed by atoms with van der Waals surface area (Å²) in [5.74, 6) is 0. The summed E-state index contributed by atoms with van der Waals surface area (Å²) in [4.78, 5) is 8.19. The van der Waals surface area contributed by atoms with Crippen LogP contribution in [-0.4, -0.2) is 9.97 Å². The first-order valence-corrected chi connectivity index (χ1v) is 4.69. The van der Waals surface area contributed by atoms with Crippen LogP contribution < -0.4 is 11.1 Å². The zero-order valence-electron chi connectivity index (χ0n) is 8.22. The van der Waals surface area contributed by atoms with Crippen molar-refractivity contribution in [1.82, 2.24) is 9.97 Å². The lowest BCUT2D eigenvalue weighted by Gasteiger charge is -2.05. The van der Waals surface area contributed by atoms with Gasteiger partial charge in [-0.25, -0.2) is 0 Å². The van der Waals surface area contributed by atoms with Crippen LogP contribution in [0.15, 0.2) is 42.9 Å². The molecule has 0 fully saturated rings. The van der Waals surface area contributed by atoms with E-state index in [1.807, 2.05) is 24.3 Å². The molecule has 2 aromatic heterocycles. The molecule has 0 saturated heterocycles. The van der Waals surface area contributed by atoms with Crippen molar-refractivity contribution in [2.24, 2.45) is 0 Å². The predicted molar refractivity (Wildman–Crippen MR) is 60.2 cm³/mol. The Labute approximate surface area is 88.2 Å². The number of hydrogen-bond donors (Lipinski definition) is 2. The summed E-state index contributed by atoms with van der Waals surface area (Å²) in [6.45, 7) is 0.673. The molecule has 15 heavy (non-hydrogen) atoms. The molecule has 4 heteroatoms. The second-order valence-corrected chi connectivity index (χ2v) is 3.18. The Balaban J connectivity index is 1.99. The SMILES string of the molecule is Nc1cncc(NCc2ccccn2)c1. The van der Waals surface area contributed by atoms with Gasteiger partial charge in [0.1, 0.15) is 0 Å². The minimum absolute atomic E-state index is 0.654. The summed E-state index contributed by atoms with van der Waals surface area (Å²) in [6.07, 6.45) is 5.12. The lowest BCUT2D eigenvalue weighted by molar-refractivity contribution is 1.04. The molecule has 0 amide bonds. The van der Waals surface area contributed by atoms with E-state index in [0.29, 0.717) is 12.2 Å². The van der Waals surface area contributed by atoms with Crippen molar-refractivity contribution in [3.05, 3.63) is 48.5 Å². The summed E-state index contributed by atoms with van der Waals surface area (Å²) in [5.41, 5.74) is 8.15. The molecule has 2 heterocycles. The molecule has 0 aromatic carbocycles. The minimum Gasteiger partial charge on any atom is -0.397 e. The topological polar surface area (TPSA) is 63.8 Å². The Kier molecular flexibility index (Phi) is 2.78. The lowest BCUT2D eigenvalue weighted by Crippen LogP contribution is -2.01. The number of nitrogens with one attached hydrogen (secondary N) is 1. The third-order valence-electron chi connectivity index (χ3n) is 1.96. The van der Waals surface area contributed by atoms with Gasteiger partial charge in [0.15, 0.2) is 0 Å². The van der Waals surface area contributed by atoms with Gasteiger partial charge in [0.25, 0.3) is 0 Å². The fourth-order valence-corrected chi connectivity index (χ4v) is 1.25. The molecule has 4 nitrogen and oxygen atoms in total. The molecule has 0 saturated carbocycles. The van der Waals surface area contributed by atoms with E-state index in [9.17, 15) is 0 Å². The van der Waals surface area contributed by atoms with Gasteiger partial charge in [0, 0.05) is 12.4 Å². The first-order chi connectivity index (χ1) is 7.34. The van der Waals surface area contributed by atoms with Gasteiger partial charge in [-0.15, -0.1) is 0 Å². The van der Waals surface area contributed by atoms with Gasteiger partial charge in [-0.2, -0.15) is 0 Å². The summed E-state index contributed by atoms with van der Waals surface area (Å²) >= 11 is 0. The Morgan fingerprint density at radius 3 is 2.93 bits per heavy atom. The fraction of sp³-hybridized carbons (Fsp3) is 0.0909. The van der Waals surface area contributed by atoms with Crippen molar-refractivity contribution in [3.63, 3.8) is 0 Å². The fourth-order valence-electron chi connectivity index (χ4n) is 1.25. The first-order valence-electron chi connectivity index (χ1n) is 4.69. The third kappa shape index (κ3) is 2.67. The molecule has 2 aromatic rings. The summed E-state index contributed by atoms with van der Waals surface area (Å²) in [5, 5.41) is 3.20. The van der Waals surface area contributed by atoms with E-state index in [2.05, 4.69) is 15.3 Å². The van der Waals surface area contributed by atoms with Crippen LogP contribution in [0, 0.1) is 0 Å². The molecular formula is C11H12N4. The number of hydrogen-bond acceptors (Lipinski definition) is 4. The number of aromatic nitrogens is 2. The van der Waals surface area contributed by atoms with Crippen LogP contribution in [0.3, 0.4) is 0 Å². The van der Waals surface area contributed by atoms with Crippen LogP contribution in [-0.2, 0) is 6.54 Å². The van der Waals surface area contributed by atoms with Crippen molar-refractivity contribution in [2.75, 3.05) is 11.1 Å². The molecule has 76 valence electrons. The van der Waals surface area contributed by atoms with Crippen molar-refractivity contribution in [2.45, 2.75) is 6.54 Å². The number of anilines is 2. The number of nitrogens with zero attached hydrogens (tertiary/aromatic N) is 2. The molecule has 0 aliphatic heterocycles. The minimum atomic E-state index is 0.654. The van der Waals surface area contributed by atoms with Gasteiger partial charge in [-0.1, -0.05) is 6.07 Å². The average Bonchev–Trinajstić information content (AvgIpc) is 2.28. The average molecular weight is 200 g/mol. The molecule has 0 unspecified atom stereocenters. The molecule has 0 spiro atoms. The smallest absolute Gasteiger partial charge is 0.0594 e. The molecule has 0 atom stereocenters. The first kappa shape index (κ1) is 9.45. The highest BCUT2D eigenvalue weighted by molar-refractivity contribution is 5.51.